The fourth-order valence-electron chi connectivity index (χ4n) is 2.31. The number of pyridine rings is 1. The lowest BCUT2D eigenvalue weighted by Crippen LogP contribution is -2.25. The highest BCUT2D eigenvalue weighted by atomic mass is 35.5. The van der Waals surface area contributed by atoms with Crippen LogP contribution in [0.25, 0.3) is 5.03 Å². The van der Waals surface area contributed by atoms with Crippen molar-refractivity contribution in [3.63, 3.8) is 0 Å². The molecule has 0 saturated heterocycles. The van der Waals surface area contributed by atoms with Gasteiger partial charge in [0, 0.05) is 18.8 Å². The highest BCUT2D eigenvalue weighted by molar-refractivity contribution is 6.50. The Kier molecular flexibility index (Phi) is 3.18. The number of aromatic nitrogens is 1. The number of anilines is 2. The van der Waals surface area contributed by atoms with Crippen LogP contribution in [-0.2, 0) is 0 Å². The second-order valence-corrected chi connectivity index (χ2v) is 5.03. The summed E-state index contributed by atoms with van der Waals surface area (Å²) < 4.78 is 27.6. The Bertz CT molecular complexity index is 699. The fourth-order valence-corrected chi connectivity index (χ4v) is 2.56. The minimum absolute atomic E-state index is 0.225. The number of hydrogen-bond donors (Lipinski definition) is 0. The molecule has 1 aliphatic rings. The molecule has 2 aromatic rings. The van der Waals surface area contributed by atoms with E-state index in [0.717, 1.165) is 11.6 Å². The average Bonchev–Trinajstić information content (AvgIpc) is 2.43. The van der Waals surface area contributed by atoms with Gasteiger partial charge in [-0.25, -0.2) is 13.8 Å². The monoisotopic (exact) mass is 292 g/mol. The zero-order valence-electron chi connectivity index (χ0n) is 10.7. The Morgan fingerprint density at radius 1 is 1.25 bits per heavy atom. The van der Waals surface area contributed by atoms with Gasteiger partial charge in [-0.1, -0.05) is 17.7 Å². The second kappa shape index (κ2) is 4.87. The van der Waals surface area contributed by atoms with E-state index >= 15 is 0 Å². The standard InChI is InChI=1S/C15H11ClF2N2/c1-9-8-20(13-4-2-3-5-19-13)12-7-10(17)6-11(18)14(12)15(9)16/h2-7H,8H2,1H3. The summed E-state index contributed by atoms with van der Waals surface area (Å²) >= 11 is 6.18. The van der Waals surface area contributed by atoms with Crippen molar-refractivity contribution in [2.45, 2.75) is 6.92 Å². The van der Waals surface area contributed by atoms with Crippen LogP contribution in [0, 0.1) is 11.6 Å². The summed E-state index contributed by atoms with van der Waals surface area (Å²) in [6.07, 6.45) is 1.64. The lowest BCUT2D eigenvalue weighted by molar-refractivity contribution is 0.580. The molecule has 2 nitrogen and oxygen atoms in total. The zero-order valence-corrected chi connectivity index (χ0v) is 11.5. The molecule has 3 rings (SSSR count). The Morgan fingerprint density at radius 3 is 2.75 bits per heavy atom. The third-order valence-corrected chi connectivity index (χ3v) is 3.75. The maximum absolute atomic E-state index is 14.0. The van der Waals surface area contributed by atoms with Crippen molar-refractivity contribution in [3.8, 4) is 0 Å². The number of benzene rings is 1. The van der Waals surface area contributed by atoms with Crippen LogP contribution in [0.5, 0.6) is 0 Å². The van der Waals surface area contributed by atoms with E-state index in [1.165, 1.54) is 6.07 Å². The van der Waals surface area contributed by atoms with Gasteiger partial charge < -0.3 is 4.90 Å². The molecule has 0 saturated carbocycles. The molecule has 5 heteroatoms. The van der Waals surface area contributed by atoms with Crippen molar-refractivity contribution < 1.29 is 8.78 Å². The molecule has 20 heavy (non-hydrogen) atoms. The molecule has 0 atom stereocenters. The summed E-state index contributed by atoms with van der Waals surface area (Å²) in [5.41, 5.74) is 1.44. The molecular weight excluding hydrogens is 282 g/mol. The first-order valence-electron chi connectivity index (χ1n) is 6.11. The van der Waals surface area contributed by atoms with Gasteiger partial charge in [-0.3, -0.25) is 0 Å². The van der Waals surface area contributed by atoms with Gasteiger partial charge in [-0.2, -0.15) is 0 Å². The number of halogens is 3. The normalized spacial score (nSPS) is 14.5. The molecule has 0 amide bonds. The van der Waals surface area contributed by atoms with Crippen LogP contribution >= 0.6 is 11.6 Å². The van der Waals surface area contributed by atoms with E-state index in [1.54, 1.807) is 23.2 Å². The first-order chi connectivity index (χ1) is 9.58. The van der Waals surface area contributed by atoms with E-state index < -0.39 is 11.6 Å². The van der Waals surface area contributed by atoms with Crippen LogP contribution in [-0.4, -0.2) is 11.5 Å². The maximum atomic E-state index is 14.0. The lowest BCUT2D eigenvalue weighted by Gasteiger charge is -2.31. The predicted molar refractivity (Wildman–Crippen MR) is 76.0 cm³/mol. The first kappa shape index (κ1) is 13.1. The molecule has 1 aliphatic heterocycles. The van der Waals surface area contributed by atoms with Gasteiger partial charge in [0.2, 0.25) is 0 Å². The van der Waals surface area contributed by atoms with E-state index in [-0.39, 0.29) is 5.56 Å². The third-order valence-electron chi connectivity index (χ3n) is 3.24. The van der Waals surface area contributed by atoms with Gasteiger partial charge in [0.1, 0.15) is 17.5 Å². The van der Waals surface area contributed by atoms with E-state index in [9.17, 15) is 8.78 Å². The van der Waals surface area contributed by atoms with Crippen LogP contribution < -0.4 is 4.90 Å². The number of rotatable bonds is 1. The highest BCUT2D eigenvalue weighted by Crippen LogP contribution is 2.41. The predicted octanol–water partition coefficient (Wildman–Crippen LogP) is 4.48. The molecule has 0 fully saturated rings. The fraction of sp³-hybridized carbons (Fsp3) is 0.133. The van der Waals surface area contributed by atoms with Crippen LogP contribution in [0.1, 0.15) is 12.5 Å². The Morgan fingerprint density at radius 2 is 2.05 bits per heavy atom. The van der Waals surface area contributed by atoms with Crippen LogP contribution in [0.15, 0.2) is 42.1 Å². The lowest BCUT2D eigenvalue weighted by atomic mass is 10.0. The zero-order chi connectivity index (χ0) is 14.3. The topological polar surface area (TPSA) is 16.1 Å². The van der Waals surface area contributed by atoms with Crippen molar-refractivity contribution in [2.24, 2.45) is 0 Å². The van der Waals surface area contributed by atoms with Crippen molar-refractivity contribution >= 4 is 28.1 Å². The first-order valence-corrected chi connectivity index (χ1v) is 6.49. The number of hydrogen-bond acceptors (Lipinski definition) is 2. The number of fused-ring (bicyclic) bond motifs is 1. The van der Waals surface area contributed by atoms with Crippen LogP contribution in [0.2, 0.25) is 0 Å². The van der Waals surface area contributed by atoms with Gasteiger partial charge in [0.15, 0.2) is 0 Å². The summed E-state index contributed by atoms with van der Waals surface area (Å²) in [6, 6.07) is 7.53. The smallest absolute Gasteiger partial charge is 0.136 e. The van der Waals surface area contributed by atoms with Crippen LogP contribution in [0.3, 0.4) is 0 Å². The second-order valence-electron chi connectivity index (χ2n) is 4.65. The molecule has 1 aromatic carbocycles. The molecule has 102 valence electrons. The SMILES string of the molecule is CC1=C(Cl)c2c(F)cc(F)cc2N(c2ccccn2)C1. The summed E-state index contributed by atoms with van der Waals surface area (Å²) in [5.74, 6) is -0.668. The Labute approximate surface area is 120 Å². The molecule has 0 bridgehead atoms. The Balaban J connectivity index is 2.24. The van der Waals surface area contributed by atoms with Crippen LogP contribution in [0.4, 0.5) is 20.3 Å². The van der Waals surface area contributed by atoms with Crippen molar-refractivity contribution in [1.82, 2.24) is 4.98 Å². The molecule has 0 spiro atoms. The van der Waals surface area contributed by atoms with Gasteiger partial charge in [-0.15, -0.1) is 0 Å². The molecule has 0 radical (unpaired) electrons. The van der Waals surface area contributed by atoms with E-state index in [4.69, 9.17) is 11.6 Å². The van der Waals surface area contributed by atoms with Crippen molar-refractivity contribution in [2.75, 3.05) is 11.4 Å². The van der Waals surface area contributed by atoms with E-state index in [1.807, 2.05) is 13.0 Å². The molecule has 2 heterocycles. The van der Waals surface area contributed by atoms with Gasteiger partial charge in [0.05, 0.1) is 16.3 Å². The van der Waals surface area contributed by atoms with Gasteiger partial charge >= 0.3 is 0 Å². The van der Waals surface area contributed by atoms with E-state index in [0.29, 0.717) is 23.1 Å². The molecular formula is C15H11ClF2N2. The van der Waals surface area contributed by atoms with Gasteiger partial charge in [0.25, 0.3) is 0 Å². The third kappa shape index (κ3) is 2.06. The summed E-state index contributed by atoms with van der Waals surface area (Å²) in [6.45, 7) is 2.27. The maximum Gasteiger partial charge on any atom is 0.136 e. The van der Waals surface area contributed by atoms with Crippen molar-refractivity contribution in [1.29, 1.82) is 0 Å². The minimum Gasteiger partial charge on any atom is -0.321 e. The molecule has 0 N–H and O–H groups in total. The summed E-state index contributed by atoms with van der Waals surface area (Å²) in [5, 5.41) is 0.338. The molecule has 1 aromatic heterocycles. The quantitative estimate of drug-likeness (QED) is 0.770. The minimum atomic E-state index is -0.662. The molecule has 0 unspecified atom stereocenters. The van der Waals surface area contributed by atoms with E-state index in [2.05, 4.69) is 4.98 Å². The number of nitrogens with zero attached hydrogens (tertiary/aromatic N) is 2. The average molecular weight is 293 g/mol. The van der Waals surface area contributed by atoms with Crippen molar-refractivity contribution in [3.05, 3.63) is 59.3 Å². The largest absolute Gasteiger partial charge is 0.321 e. The van der Waals surface area contributed by atoms with Gasteiger partial charge in [-0.05, 0) is 30.7 Å². The summed E-state index contributed by atoms with van der Waals surface area (Å²) in [7, 11) is 0. The Hall–Kier alpha value is -1.94. The highest BCUT2D eigenvalue weighted by Gasteiger charge is 2.26. The molecule has 0 aliphatic carbocycles. The summed E-state index contributed by atoms with van der Waals surface area (Å²) in [4.78, 5) is 5.99.